The van der Waals surface area contributed by atoms with Gasteiger partial charge >= 0.3 is 0 Å². The summed E-state index contributed by atoms with van der Waals surface area (Å²) in [4.78, 5) is 8.95. The molecule has 1 aliphatic rings. The van der Waals surface area contributed by atoms with E-state index in [0.717, 1.165) is 55.6 Å². The molecule has 0 amide bonds. The molecule has 6 nitrogen and oxygen atoms in total. The Bertz CT molecular complexity index is 926. The third kappa shape index (κ3) is 3.79. The minimum Gasteiger partial charge on any atom is -0.369 e. The first-order valence-corrected chi connectivity index (χ1v) is 9.77. The Morgan fingerprint density at radius 2 is 1.67 bits per heavy atom. The molecule has 0 spiro atoms. The first-order chi connectivity index (χ1) is 13.3. The van der Waals surface area contributed by atoms with Crippen LogP contribution in [0.15, 0.2) is 54.9 Å². The van der Waals surface area contributed by atoms with E-state index in [1.165, 1.54) is 5.69 Å². The van der Waals surface area contributed by atoms with E-state index < -0.39 is 0 Å². The summed E-state index contributed by atoms with van der Waals surface area (Å²) in [7, 11) is 0. The molecule has 1 saturated heterocycles. The van der Waals surface area contributed by atoms with Crippen molar-refractivity contribution < 1.29 is 0 Å². The van der Waals surface area contributed by atoms with Crippen LogP contribution in [-0.2, 0) is 13.2 Å². The van der Waals surface area contributed by atoms with E-state index in [4.69, 9.17) is 17.3 Å². The Morgan fingerprint density at radius 1 is 0.963 bits per heavy atom. The average molecular weight is 381 g/mol. The first-order valence-electron chi connectivity index (χ1n) is 9.36. The Labute approximate surface area is 164 Å². The number of anilines is 1. The van der Waals surface area contributed by atoms with Gasteiger partial charge in [0.25, 0.3) is 0 Å². The molecule has 1 fully saturated rings. The van der Waals surface area contributed by atoms with Gasteiger partial charge in [0.1, 0.15) is 0 Å². The summed E-state index contributed by atoms with van der Waals surface area (Å²) in [5.74, 6) is 0.910. The maximum atomic E-state index is 5.69. The smallest absolute Gasteiger partial charge is 0.199 e. The van der Waals surface area contributed by atoms with Gasteiger partial charge in [-0.1, -0.05) is 18.2 Å². The highest BCUT2D eigenvalue weighted by atomic mass is 32.1. The molecule has 7 heteroatoms. The predicted molar refractivity (Wildman–Crippen MR) is 110 cm³/mol. The van der Waals surface area contributed by atoms with Crippen molar-refractivity contribution in [2.75, 3.05) is 31.1 Å². The zero-order valence-corrected chi connectivity index (χ0v) is 16.3. The standard InChI is InChI=1S/C20H24N6S/c1-2-25-19(17-8-10-21-11-9-17)22-26(20(25)27)16-23-12-14-24(15-13-23)18-6-4-3-5-7-18/h3-11H,2,12-16H2,1H3. The Morgan fingerprint density at radius 3 is 2.33 bits per heavy atom. The molecule has 1 aliphatic heterocycles. The van der Waals surface area contributed by atoms with Crippen LogP contribution in [0.2, 0.25) is 0 Å². The van der Waals surface area contributed by atoms with E-state index in [1.807, 2.05) is 16.8 Å². The van der Waals surface area contributed by atoms with Gasteiger partial charge in [0.05, 0.1) is 6.67 Å². The molecule has 3 aromatic rings. The van der Waals surface area contributed by atoms with Crippen molar-refractivity contribution in [3.05, 3.63) is 59.6 Å². The first kappa shape index (κ1) is 17.9. The van der Waals surface area contributed by atoms with Crippen LogP contribution in [0, 0.1) is 4.77 Å². The second-order valence-corrected chi connectivity index (χ2v) is 7.03. The fourth-order valence-electron chi connectivity index (χ4n) is 3.51. The van der Waals surface area contributed by atoms with Crippen LogP contribution < -0.4 is 4.90 Å². The highest BCUT2D eigenvalue weighted by Gasteiger charge is 2.19. The number of hydrogen-bond donors (Lipinski definition) is 0. The lowest BCUT2D eigenvalue weighted by Crippen LogP contribution is -2.47. The predicted octanol–water partition coefficient (Wildman–Crippen LogP) is 3.28. The van der Waals surface area contributed by atoms with E-state index in [1.54, 1.807) is 12.4 Å². The van der Waals surface area contributed by atoms with E-state index in [2.05, 4.69) is 56.6 Å². The largest absolute Gasteiger partial charge is 0.369 e. The second-order valence-electron chi connectivity index (χ2n) is 6.67. The Kier molecular flexibility index (Phi) is 5.31. The molecule has 0 atom stereocenters. The summed E-state index contributed by atoms with van der Waals surface area (Å²) in [6.45, 7) is 7.67. The Balaban J connectivity index is 1.48. The molecule has 0 bridgehead atoms. The van der Waals surface area contributed by atoms with Gasteiger partial charge < -0.3 is 9.47 Å². The quantitative estimate of drug-likeness (QED) is 0.636. The molecule has 27 heavy (non-hydrogen) atoms. The summed E-state index contributed by atoms with van der Waals surface area (Å²) in [5, 5.41) is 4.81. The van der Waals surface area contributed by atoms with Gasteiger partial charge in [-0.3, -0.25) is 9.88 Å². The van der Waals surface area contributed by atoms with Crippen molar-refractivity contribution in [3.8, 4) is 11.4 Å². The molecule has 0 unspecified atom stereocenters. The van der Waals surface area contributed by atoms with Crippen molar-refractivity contribution in [3.63, 3.8) is 0 Å². The van der Waals surface area contributed by atoms with Gasteiger partial charge in [0, 0.05) is 56.4 Å². The van der Waals surface area contributed by atoms with Gasteiger partial charge in [0.15, 0.2) is 10.6 Å². The number of benzene rings is 1. The third-order valence-corrected chi connectivity index (χ3v) is 5.44. The highest BCUT2D eigenvalue weighted by molar-refractivity contribution is 7.71. The lowest BCUT2D eigenvalue weighted by Gasteiger charge is -2.35. The second kappa shape index (κ2) is 8.02. The molecular formula is C20H24N6S. The van der Waals surface area contributed by atoms with Crippen LogP contribution in [0.5, 0.6) is 0 Å². The van der Waals surface area contributed by atoms with E-state index in [-0.39, 0.29) is 0 Å². The number of rotatable bonds is 5. The average Bonchev–Trinajstić information content (AvgIpc) is 3.05. The van der Waals surface area contributed by atoms with Crippen molar-refractivity contribution in [2.45, 2.75) is 20.1 Å². The maximum Gasteiger partial charge on any atom is 0.199 e. The number of piperazine rings is 1. The fraction of sp³-hybridized carbons (Fsp3) is 0.350. The number of para-hydroxylation sites is 1. The van der Waals surface area contributed by atoms with Crippen LogP contribution in [0.3, 0.4) is 0 Å². The summed E-state index contributed by atoms with van der Waals surface area (Å²) < 4.78 is 4.81. The molecule has 140 valence electrons. The monoisotopic (exact) mass is 380 g/mol. The zero-order chi connectivity index (χ0) is 18.6. The van der Waals surface area contributed by atoms with Crippen molar-refractivity contribution in [2.24, 2.45) is 0 Å². The van der Waals surface area contributed by atoms with E-state index in [0.29, 0.717) is 0 Å². The van der Waals surface area contributed by atoms with Crippen LogP contribution in [0.4, 0.5) is 5.69 Å². The SMILES string of the molecule is CCn1c(-c2ccncc2)nn(CN2CCN(c3ccccc3)CC2)c1=S. The van der Waals surface area contributed by atoms with Gasteiger partial charge in [-0.05, 0) is 43.4 Å². The highest BCUT2D eigenvalue weighted by Crippen LogP contribution is 2.19. The molecule has 3 heterocycles. The minimum absolute atomic E-state index is 0.729. The lowest BCUT2D eigenvalue weighted by atomic mass is 10.2. The molecule has 0 aliphatic carbocycles. The number of nitrogens with zero attached hydrogens (tertiary/aromatic N) is 6. The lowest BCUT2D eigenvalue weighted by molar-refractivity contribution is 0.194. The topological polar surface area (TPSA) is 42.1 Å². The number of pyridine rings is 1. The number of hydrogen-bond acceptors (Lipinski definition) is 5. The van der Waals surface area contributed by atoms with Crippen LogP contribution in [0.25, 0.3) is 11.4 Å². The van der Waals surface area contributed by atoms with Gasteiger partial charge in [0.2, 0.25) is 0 Å². The normalized spacial score (nSPS) is 15.2. The molecule has 0 radical (unpaired) electrons. The molecule has 2 aromatic heterocycles. The summed E-state index contributed by atoms with van der Waals surface area (Å²) in [6, 6.07) is 14.6. The van der Waals surface area contributed by atoms with Crippen molar-refractivity contribution >= 4 is 17.9 Å². The van der Waals surface area contributed by atoms with Crippen molar-refractivity contribution in [1.82, 2.24) is 24.2 Å². The van der Waals surface area contributed by atoms with Gasteiger partial charge in [-0.25, -0.2) is 4.68 Å². The van der Waals surface area contributed by atoms with E-state index >= 15 is 0 Å². The molecular weight excluding hydrogens is 356 g/mol. The number of aromatic nitrogens is 4. The van der Waals surface area contributed by atoms with Gasteiger partial charge in [-0.15, -0.1) is 0 Å². The maximum absolute atomic E-state index is 5.69. The van der Waals surface area contributed by atoms with Crippen LogP contribution >= 0.6 is 12.2 Å². The third-order valence-electron chi connectivity index (χ3n) is 5.01. The summed E-state index contributed by atoms with van der Waals surface area (Å²) >= 11 is 5.69. The summed E-state index contributed by atoms with van der Waals surface area (Å²) in [6.07, 6.45) is 3.58. The molecule has 0 N–H and O–H groups in total. The van der Waals surface area contributed by atoms with E-state index in [9.17, 15) is 0 Å². The van der Waals surface area contributed by atoms with Crippen LogP contribution in [0.1, 0.15) is 6.92 Å². The Hall–Kier alpha value is -2.51. The van der Waals surface area contributed by atoms with Crippen LogP contribution in [-0.4, -0.2) is 50.4 Å². The molecule has 0 saturated carbocycles. The fourth-order valence-corrected chi connectivity index (χ4v) is 3.82. The van der Waals surface area contributed by atoms with Gasteiger partial charge in [-0.2, -0.15) is 5.10 Å². The summed E-state index contributed by atoms with van der Waals surface area (Å²) in [5.41, 5.74) is 2.34. The minimum atomic E-state index is 0.729. The molecule has 1 aromatic carbocycles. The zero-order valence-electron chi connectivity index (χ0n) is 15.5. The van der Waals surface area contributed by atoms with Crippen molar-refractivity contribution in [1.29, 1.82) is 0 Å². The molecule has 4 rings (SSSR count).